The van der Waals surface area contributed by atoms with E-state index in [-0.39, 0.29) is 5.41 Å². The van der Waals surface area contributed by atoms with Crippen molar-refractivity contribution >= 4 is 27.2 Å². The van der Waals surface area contributed by atoms with Gasteiger partial charge < -0.3 is 9.53 Å². The fourth-order valence-corrected chi connectivity index (χ4v) is 8.37. The smallest absolute Gasteiger partial charge is 0.335 e. The Hall–Kier alpha value is -2.33. The number of carboxylic acid groups (broad SMARTS) is 1. The summed E-state index contributed by atoms with van der Waals surface area (Å²) >= 11 is 0. The Morgan fingerprint density at radius 3 is 2.00 bits per heavy atom. The quantitative estimate of drug-likeness (QED) is 0.335. The molecule has 0 aliphatic heterocycles. The predicted molar refractivity (Wildman–Crippen MR) is 147 cm³/mol. The molecular weight excluding hydrogens is 448 g/mol. The summed E-state index contributed by atoms with van der Waals surface area (Å²) in [6.45, 7) is 11.5. The van der Waals surface area contributed by atoms with Gasteiger partial charge in [-0.1, -0.05) is 57.2 Å². The van der Waals surface area contributed by atoms with Crippen LogP contribution in [-0.4, -0.2) is 20.1 Å². The summed E-state index contributed by atoms with van der Waals surface area (Å²) in [5.74, 6) is 2.92. The third-order valence-corrected chi connectivity index (χ3v) is 9.22. The Morgan fingerprint density at radius 2 is 1.51 bits per heavy atom. The van der Waals surface area contributed by atoms with Gasteiger partial charge in [0.25, 0.3) is 0 Å². The van der Waals surface area contributed by atoms with Crippen molar-refractivity contribution in [3.63, 3.8) is 0 Å². The lowest BCUT2D eigenvalue weighted by Gasteiger charge is -2.58. The van der Waals surface area contributed by atoms with E-state index < -0.39 is 15.0 Å². The molecule has 0 spiro atoms. The van der Waals surface area contributed by atoms with E-state index in [0.717, 1.165) is 34.6 Å². The topological polar surface area (TPSA) is 46.5 Å². The summed E-state index contributed by atoms with van der Waals surface area (Å²) in [6, 6.07) is 11.8. The van der Waals surface area contributed by atoms with Crippen molar-refractivity contribution in [3.8, 4) is 5.75 Å². The standard InChI is InChI=1S/C31H40O3Si/c1-30(2,3)27-26(31-17-21-14-22(18-31)16-23(15-21)19-31)13-12-24(28(27)34-35(4)5)9-6-20-7-10-25(11-8-20)29(32)33/h6-13,21-23,35H,14-19H2,1-5H3,(H,32,33). The molecule has 4 saturated carbocycles. The van der Waals surface area contributed by atoms with Crippen LogP contribution in [0.2, 0.25) is 13.1 Å². The van der Waals surface area contributed by atoms with Gasteiger partial charge in [0.1, 0.15) is 5.75 Å². The SMILES string of the molecule is C[SiH](C)Oc1c(C=Cc2ccc(C(=O)O)cc2)ccc(C23CC4CC(CC(C4)C2)C3)c1C(C)(C)C. The highest BCUT2D eigenvalue weighted by Gasteiger charge is 2.53. The van der Waals surface area contributed by atoms with E-state index in [0.29, 0.717) is 11.0 Å². The fraction of sp³-hybridized carbons (Fsp3) is 0.516. The Morgan fingerprint density at radius 1 is 0.943 bits per heavy atom. The van der Waals surface area contributed by atoms with Gasteiger partial charge in [-0.05, 0) is 103 Å². The van der Waals surface area contributed by atoms with Gasteiger partial charge >= 0.3 is 5.97 Å². The van der Waals surface area contributed by atoms with Gasteiger partial charge in [-0.25, -0.2) is 4.79 Å². The number of aromatic carboxylic acids is 1. The second-order valence-electron chi connectivity index (χ2n) is 12.8. The first-order valence-electron chi connectivity index (χ1n) is 13.4. The molecule has 35 heavy (non-hydrogen) atoms. The highest BCUT2D eigenvalue weighted by molar-refractivity contribution is 6.49. The second kappa shape index (κ2) is 8.96. The van der Waals surface area contributed by atoms with Crippen LogP contribution in [0.25, 0.3) is 12.2 Å². The monoisotopic (exact) mass is 488 g/mol. The zero-order valence-corrected chi connectivity index (χ0v) is 23.1. The van der Waals surface area contributed by atoms with Crippen LogP contribution in [0.15, 0.2) is 36.4 Å². The Balaban J connectivity index is 1.59. The first-order valence-corrected chi connectivity index (χ1v) is 16.2. The lowest BCUT2D eigenvalue weighted by atomic mass is 9.47. The largest absolute Gasteiger partial charge is 0.546 e. The van der Waals surface area contributed by atoms with E-state index in [1.165, 1.54) is 44.1 Å². The molecule has 0 aromatic heterocycles. The van der Waals surface area contributed by atoms with Crippen molar-refractivity contribution in [1.29, 1.82) is 0 Å². The van der Waals surface area contributed by atoms with E-state index in [4.69, 9.17) is 4.43 Å². The summed E-state index contributed by atoms with van der Waals surface area (Å²) in [6.07, 6.45) is 12.6. The molecule has 4 fully saturated rings. The van der Waals surface area contributed by atoms with Gasteiger partial charge in [-0.3, -0.25) is 0 Å². The molecule has 2 aromatic rings. The molecule has 186 valence electrons. The van der Waals surface area contributed by atoms with E-state index in [9.17, 15) is 9.90 Å². The Kier molecular flexibility index (Phi) is 6.23. The predicted octanol–water partition coefficient (Wildman–Crippen LogP) is 7.68. The van der Waals surface area contributed by atoms with Gasteiger partial charge in [-0.15, -0.1) is 0 Å². The van der Waals surface area contributed by atoms with Crippen LogP contribution in [-0.2, 0) is 10.8 Å². The van der Waals surface area contributed by atoms with E-state index in [2.05, 4.69) is 58.2 Å². The lowest BCUT2D eigenvalue weighted by molar-refractivity contribution is -0.00601. The number of rotatable bonds is 6. The molecule has 0 amide bonds. The summed E-state index contributed by atoms with van der Waals surface area (Å²) in [7, 11) is -1.34. The maximum absolute atomic E-state index is 11.2. The minimum atomic E-state index is -1.34. The van der Waals surface area contributed by atoms with Crippen molar-refractivity contribution in [2.45, 2.75) is 83.2 Å². The molecule has 6 rings (SSSR count). The maximum Gasteiger partial charge on any atom is 0.335 e. The van der Waals surface area contributed by atoms with Crippen LogP contribution in [0, 0.1) is 17.8 Å². The van der Waals surface area contributed by atoms with Gasteiger partial charge in [0.15, 0.2) is 0 Å². The van der Waals surface area contributed by atoms with Gasteiger partial charge in [0.05, 0.1) is 5.56 Å². The first-order chi connectivity index (χ1) is 16.5. The number of benzene rings is 2. The average molecular weight is 489 g/mol. The molecule has 4 aliphatic carbocycles. The van der Waals surface area contributed by atoms with Crippen LogP contribution < -0.4 is 4.43 Å². The highest BCUT2D eigenvalue weighted by atomic mass is 28.3. The number of carboxylic acids is 1. The number of hydrogen-bond donors (Lipinski definition) is 1. The first kappa shape index (κ1) is 24.4. The molecule has 0 saturated heterocycles. The molecular formula is C31H40O3Si. The van der Waals surface area contributed by atoms with Crippen molar-refractivity contribution in [1.82, 2.24) is 0 Å². The molecule has 0 unspecified atom stereocenters. The molecule has 4 aliphatic rings. The number of carbonyl (C=O) groups is 1. The van der Waals surface area contributed by atoms with Crippen molar-refractivity contribution < 1.29 is 14.3 Å². The maximum atomic E-state index is 11.2. The average Bonchev–Trinajstić information content (AvgIpc) is 2.76. The Bertz CT molecular complexity index is 1100. The van der Waals surface area contributed by atoms with Crippen LogP contribution in [0.5, 0.6) is 5.75 Å². The summed E-state index contributed by atoms with van der Waals surface area (Å²) < 4.78 is 6.76. The fourth-order valence-electron chi connectivity index (χ4n) is 7.64. The number of hydrogen-bond acceptors (Lipinski definition) is 2. The molecule has 0 radical (unpaired) electrons. The summed E-state index contributed by atoms with van der Waals surface area (Å²) in [4.78, 5) is 11.2. The van der Waals surface area contributed by atoms with Crippen LogP contribution in [0.1, 0.15) is 91.9 Å². The molecule has 0 atom stereocenters. The van der Waals surface area contributed by atoms with Crippen molar-refractivity contribution in [3.05, 3.63) is 64.2 Å². The van der Waals surface area contributed by atoms with Crippen LogP contribution in [0.4, 0.5) is 0 Å². The van der Waals surface area contributed by atoms with Crippen LogP contribution >= 0.6 is 0 Å². The van der Waals surface area contributed by atoms with E-state index in [1.54, 1.807) is 17.7 Å². The normalized spacial score (nSPS) is 27.7. The highest BCUT2D eigenvalue weighted by Crippen LogP contribution is 2.62. The van der Waals surface area contributed by atoms with Gasteiger partial charge in [0.2, 0.25) is 9.04 Å². The minimum Gasteiger partial charge on any atom is -0.546 e. The van der Waals surface area contributed by atoms with E-state index >= 15 is 0 Å². The van der Waals surface area contributed by atoms with E-state index in [1.807, 2.05) is 12.1 Å². The molecule has 2 aromatic carbocycles. The van der Waals surface area contributed by atoms with Gasteiger partial charge in [-0.2, -0.15) is 0 Å². The zero-order chi connectivity index (χ0) is 25.0. The lowest BCUT2D eigenvalue weighted by Crippen LogP contribution is -2.49. The third kappa shape index (κ3) is 4.74. The molecule has 4 heteroatoms. The van der Waals surface area contributed by atoms with Gasteiger partial charge in [0, 0.05) is 11.1 Å². The molecule has 0 heterocycles. The Labute approximate surface area is 212 Å². The third-order valence-electron chi connectivity index (χ3n) is 8.51. The molecule has 4 bridgehead atoms. The van der Waals surface area contributed by atoms with Crippen LogP contribution in [0.3, 0.4) is 0 Å². The second-order valence-corrected chi connectivity index (χ2v) is 15.1. The molecule has 3 nitrogen and oxygen atoms in total. The minimum absolute atomic E-state index is 0.00965. The summed E-state index contributed by atoms with van der Waals surface area (Å²) in [5, 5.41) is 9.19. The zero-order valence-electron chi connectivity index (χ0n) is 21.9. The molecule has 1 N–H and O–H groups in total. The summed E-state index contributed by atoms with van der Waals surface area (Å²) in [5.41, 5.74) is 5.73. The van der Waals surface area contributed by atoms with Crippen molar-refractivity contribution in [2.24, 2.45) is 17.8 Å². The van der Waals surface area contributed by atoms with Crippen molar-refractivity contribution in [2.75, 3.05) is 0 Å².